The number of benzene rings is 2. The average Bonchev–Trinajstić information content (AvgIpc) is 2.48. The first-order valence-corrected chi connectivity index (χ1v) is 6.61. The Kier molecular flexibility index (Phi) is 4.88. The van der Waals surface area contributed by atoms with Crippen LogP contribution in [0, 0.1) is 0 Å². The van der Waals surface area contributed by atoms with E-state index < -0.39 is 0 Å². The molecule has 0 amide bonds. The zero-order valence-corrected chi connectivity index (χ0v) is 12.2. The van der Waals surface area contributed by atoms with E-state index in [4.69, 9.17) is 32.7 Å². The first kappa shape index (κ1) is 14.7. The van der Waals surface area contributed by atoms with Gasteiger partial charge in [-0.1, -0.05) is 35.3 Å². The fraction of sp³-hybridized carbons (Fsp3) is 0.133. The summed E-state index contributed by atoms with van der Waals surface area (Å²) in [4.78, 5) is 12.1. The fourth-order valence-electron chi connectivity index (χ4n) is 1.67. The van der Waals surface area contributed by atoms with Crippen LogP contribution in [0.4, 0.5) is 0 Å². The summed E-state index contributed by atoms with van der Waals surface area (Å²) in [5.74, 6) is 0.839. The molecular weight excluding hydrogens is 299 g/mol. The maximum Gasteiger partial charge on any atom is 0.203 e. The highest BCUT2D eigenvalue weighted by molar-refractivity contribution is 6.42. The van der Waals surface area contributed by atoms with E-state index in [1.807, 2.05) is 0 Å². The van der Waals surface area contributed by atoms with Crippen molar-refractivity contribution in [3.05, 3.63) is 58.1 Å². The van der Waals surface area contributed by atoms with Gasteiger partial charge in [-0.2, -0.15) is 0 Å². The molecule has 0 radical (unpaired) electrons. The molecule has 0 unspecified atom stereocenters. The third-order valence-corrected chi connectivity index (χ3v) is 3.41. The van der Waals surface area contributed by atoms with Crippen molar-refractivity contribution in [3.8, 4) is 11.5 Å². The zero-order valence-electron chi connectivity index (χ0n) is 10.7. The van der Waals surface area contributed by atoms with Gasteiger partial charge < -0.3 is 9.47 Å². The Labute approximate surface area is 127 Å². The van der Waals surface area contributed by atoms with Gasteiger partial charge >= 0.3 is 0 Å². The Morgan fingerprint density at radius 3 is 2.55 bits per heavy atom. The molecule has 0 heterocycles. The minimum absolute atomic E-state index is 0.0989. The number of halogens is 2. The Morgan fingerprint density at radius 1 is 1.10 bits per heavy atom. The number of carbonyl (C=O) groups is 1. The standard InChI is InChI=1S/C15H12Cl2O3/c1-19-15-5-3-2-4-11(15)14(18)9-20-10-6-7-12(16)13(17)8-10/h2-8H,9H2,1H3. The molecule has 0 aliphatic heterocycles. The van der Waals surface area contributed by atoms with E-state index in [1.165, 1.54) is 7.11 Å². The van der Waals surface area contributed by atoms with E-state index in [9.17, 15) is 4.79 Å². The predicted octanol–water partition coefficient (Wildman–Crippen LogP) is 4.26. The molecule has 5 heteroatoms. The van der Waals surface area contributed by atoms with Gasteiger partial charge in [0.05, 0.1) is 22.7 Å². The summed E-state index contributed by atoms with van der Waals surface area (Å²) in [6.45, 7) is -0.0989. The monoisotopic (exact) mass is 310 g/mol. The molecule has 0 N–H and O–H groups in total. The maximum atomic E-state index is 12.1. The van der Waals surface area contributed by atoms with Crippen LogP contribution in [0.3, 0.4) is 0 Å². The summed E-state index contributed by atoms with van der Waals surface area (Å²) in [5, 5.41) is 0.823. The third-order valence-electron chi connectivity index (χ3n) is 2.67. The fourth-order valence-corrected chi connectivity index (χ4v) is 1.96. The van der Waals surface area contributed by atoms with Gasteiger partial charge in [0.2, 0.25) is 5.78 Å². The first-order chi connectivity index (χ1) is 9.61. The highest BCUT2D eigenvalue weighted by Crippen LogP contribution is 2.26. The van der Waals surface area contributed by atoms with Gasteiger partial charge in [0.25, 0.3) is 0 Å². The number of hydrogen-bond acceptors (Lipinski definition) is 3. The molecule has 2 rings (SSSR count). The number of carbonyl (C=O) groups excluding carboxylic acids is 1. The number of hydrogen-bond donors (Lipinski definition) is 0. The topological polar surface area (TPSA) is 35.5 Å². The highest BCUT2D eigenvalue weighted by Gasteiger charge is 2.12. The molecule has 3 nitrogen and oxygen atoms in total. The molecule has 0 bridgehead atoms. The van der Waals surface area contributed by atoms with Crippen molar-refractivity contribution in [2.75, 3.05) is 13.7 Å². The number of para-hydroxylation sites is 1. The Morgan fingerprint density at radius 2 is 1.85 bits per heavy atom. The number of ether oxygens (including phenoxy) is 2. The van der Waals surface area contributed by atoms with Crippen molar-refractivity contribution >= 4 is 29.0 Å². The van der Waals surface area contributed by atoms with Crippen LogP contribution in [-0.4, -0.2) is 19.5 Å². The second kappa shape index (κ2) is 6.64. The second-order valence-corrected chi connectivity index (χ2v) is 4.80. The second-order valence-electron chi connectivity index (χ2n) is 3.99. The van der Waals surface area contributed by atoms with Gasteiger partial charge in [0.15, 0.2) is 6.61 Å². The molecule has 20 heavy (non-hydrogen) atoms. The van der Waals surface area contributed by atoms with Crippen LogP contribution in [0.15, 0.2) is 42.5 Å². The van der Waals surface area contributed by atoms with Crippen molar-refractivity contribution in [2.45, 2.75) is 0 Å². The molecule has 104 valence electrons. The smallest absolute Gasteiger partial charge is 0.203 e. The lowest BCUT2D eigenvalue weighted by atomic mass is 10.1. The summed E-state index contributed by atoms with van der Waals surface area (Å²) >= 11 is 11.7. The van der Waals surface area contributed by atoms with Crippen LogP contribution in [0.5, 0.6) is 11.5 Å². The van der Waals surface area contributed by atoms with Crippen molar-refractivity contribution in [1.29, 1.82) is 0 Å². The predicted molar refractivity (Wildman–Crippen MR) is 79.3 cm³/mol. The molecular formula is C15H12Cl2O3. The van der Waals surface area contributed by atoms with Gasteiger partial charge in [0.1, 0.15) is 11.5 Å². The molecule has 0 spiro atoms. The number of methoxy groups -OCH3 is 1. The molecule has 0 aliphatic carbocycles. The third kappa shape index (κ3) is 3.44. The molecule has 0 aromatic heterocycles. The maximum absolute atomic E-state index is 12.1. The summed E-state index contributed by atoms with van der Waals surface area (Å²) < 4.78 is 10.5. The summed E-state index contributed by atoms with van der Waals surface area (Å²) in [7, 11) is 1.52. The zero-order chi connectivity index (χ0) is 14.5. The van der Waals surface area contributed by atoms with E-state index in [0.717, 1.165) is 0 Å². The van der Waals surface area contributed by atoms with E-state index in [-0.39, 0.29) is 12.4 Å². The van der Waals surface area contributed by atoms with E-state index in [2.05, 4.69) is 0 Å². The van der Waals surface area contributed by atoms with Crippen LogP contribution < -0.4 is 9.47 Å². The van der Waals surface area contributed by atoms with E-state index in [1.54, 1.807) is 42.5 Å². The molecule has 0 saturated heterocycles. The number of rotatable bonds is 5. The summed E-state index contributed by atoms with van der Waals surface area (Å²) in [6, 6.07) is 11.8. The SMILES string of the molecule is COc1ccccc1C(=O)COc1ccc(Cl)c(Cl)c1. The van der Waals surface area contributed by atoms with E-state index in [0.29, 0.717) is 27.1 Å². The minimum atomic E-state index is -0.173. The van der Waals surface area contributed by atoms with Crippen LogP contribution in [0.25, 0.3) is 0 Å². The Hall–Kier alpha value is -1.71. The van der Waals surface area contributed by atoms with Gasteiger partial charge in [-0.05, 0) is 24.3 Å². The van der Waals surface area contributed by atoms with Crippen molar-refractivity contribution in [2.24, 2.45) is 0 Å². The van der Waals surface area contributed by atoms with Crippen molar-refractivity contribution in [1.82, 2.24) is 0 Å². The lowest BCUT2D eigenvalue weighted by Gasteiger charge is -2.09. The molecule has 0 saturated carbocycles. The normalized spacial score (nSPS) is 10.2. The van der Waals surface area contributed by atoms with Crippen molar-refractivity contribution < 1.29 is 14.3 Å². The van der Waals surface area contributed by atoms with Gasteiger partial charge in [0, 0.05) is 6.07 Å². The van der Waals surface area contributed by atoms with Crippen LogP contribution in [-0.2, 0) is 0 Å². The van der Waals surface area contributed by atoms with Crippen molar-refractivity contribution in [3.63, 3.8) is 0 Å². The average molecular weight is 311 g/mol. The molecule has 0 atom stereocenters. The Bertz CT molecular complexity index is 626. The van der Waals surface area contributed by atoms with Gasteiger partial charge in [-0.25, -0.2) is 0 Å². The lowest BCUT2D eigenvalue weighted by Crippen LogP contribution is -2.12. The number of Topliss-reactive ketones (excluding diaryl/α,β-unsaturated/α-hetero) is 1. The number of ketones is 1. The Balaban J connectivity index is 2.06. The molecule has 2 aromatic carbocycles. The van der Waals surface area contributed by atoms with Crippen LogP contribution in [0.1, 0.15) is 10.4 Å². The molecule has 2 aromatic rings. The highest BCUT2D eigenvalue weighted by atomic mass is 35.5. The summed E-state index contributed by atoms with van der Waals surface area (Å²) in [5.41, 5.74) is 0.482. The van der Waals surface area contributed by atoms with Crippen LogP contribution >= 0.6 is 23.2 Å². The summed E-state index contributed by atoms with van der Waals surface area (Å²) in [6.07, 6.45) is 0. The quantitative estimate of drug-likeness (QED) is 0.774. The molecule has 0 aliphatic rings. The van der Waals surface area contributed by atoms with E-state index >= 15 is 0 Å². The van der Waals surface area contributed by atoms with Gasteiger partial charge in [-0.15, -0.1) is 0 Å². The minimum Gasteiger partial charge on any atom is -0.496 e. The van der Waals surface area contributed by atoms with Crippen LogP contribution in [0.2, 0.25) is 10.0 Å². The first-order valence-electron chi connectivity index (χ1n) is 5.86. The lowest BCUT2D eigenvalue weighted by molar-refractivity contribution is 0.0918. The van der Waals surface area contributed by atoms with Gasteiger partial charge in [-0.3, -0.25) is 4.79 Å². The molecule has 0 fully saturated rings. The largest absolute Gasteiger partial charge is 0.496 e.